The number of anilines is 1. The highest BCUT2D eigenvalue weighted by Crippen LogP contribution is 2.26. The number of carbonyl (C=O) groups is 1. The number of carbonyl (C=O) groups excluding carboxylic acids is 1. The molecule has 0 aromatic heterocycles. The molecule has 0 unspecified atom stereocenters. The van der Waals surface area contributed by atoms with Gasteiger partial charge in [-0.1, -0.05) is 36.1 Å². The van der Waals surface area contributed by atoms with Gasteiger partial charge in [-0.05, 0) is 24.6 Å². The van der Waals surface area contributed by atoms with Gasteiger partial charge < -0.3 is 25.9 Å². The van der Waals surface area contributed by atoms with E-state index in [1.165, 1.54) is 6.92 Å². The Morgan fingerprint density at radius 2 is 2.17 bits per heavy atom. The Morgan fingerprint density at radius 1 is 1.33 bits per heavy atom. The summed E-state index contributed by atoms with van der Waals surface area (Å²) in [5, 5.41) is 23.5. The van der Waals surface area contributed by atoms with Crippen molar-refractivity contribution in [2.75, 3.05) is 18.5 Å². The van der Waals surface area contributed by atoms with Crippen LogP contribution in [0.25, 0.3) is 0 Å². The SMILES string of the molecule is CC(=O)Nc1ccc2c(c1)OC/C(=C/C(=N)c1ccccc1C#CCCCO)NC2. The summed E-state index contributed by atoms with van der Waals surface area (Å²) in [4.78, 5) is 11.3. The summed E-state index contributed by atoms with van der Waals surface area (Å²) in [6, 6.07) is 13.1. The molecule has 0 saturated heterocycles. The summed E-state index contributed by atoms with van der Waals surface area (Å²) >= 11 is 0. The fourth-order valence-corrected chi connectivity index (χ4v) is 3.03. The minimum absolute atomic E-state index is 0.124. The Kier molecular flexibility index (Phi) is 7.25. The van der Waals surface area contributed by atoms with Crippen molar-refractivity contribution in [3.8, 4) is 17.6 Å². The third-order valence-corrected chi connectivity index (χ3v) is 4.50. The fourth-order valence-electron chi connectivity index (χ4n) is 3.03. The average molecular weight is 403 g/mol. The number of amides is 1. The molecule has 2 aromatic rings. The number of hydrogen-bond donors (Lipinski definition) is 4. The molecule has 1 aliphatic heterocycles. The molecule has 0 spiro atoms. The summed E-state index contributed by atoms with van der Waals surface area (Å²) in [7, 11) is 0. The van der Waals surface area contributed by atoms with Gasteiger partial charge in [-0.25, -0.2) is 0 Å². The summed E-state index contributed by atoms with van der Waals surface area (Å²) in [6.45, 7) is 2.45. The van der Waals surface area contributed by atoms with E-state index >= 15 is 0 Å². The molecule has 0 aliphatic carbocycles. The number of benzene rings is 2. The molecular weight excluding hydrogens is 378 g/mol. The molecule has 0 radical (unpaired) electrons. The van der Waals surface area contributed by atoms with E-state index in [1.807, 2.05) is 42.5 Å². The first kappa shape index (κ1) is 21.2. The van der Waals surface area contributed by atoms with Gasteiger partial charge in [0.2, 0.25) is 5.91 Å². The van der Waals surface area contributed by atoms with Gasteiger partial charge in [0, 0.05) is 54.9 Å². The van der Waals surface area contributed by atoms with Gasteiger partial charge in [-0.15, -0.1) is 0 Å². The standard InChI is InChI=1S/C24H25N3O3/c1-17(29)27-20-11-10-19-15-26-21(16-30-24(19)14-20)13-23(25)22-9-5-4-8-18(22)7-3-2-6-12-28/h4-5,8-11,13-14,25-26,28H,2,6,12,15-16H2,1H3,(H,27,29)/b21-13-,25-23?. The van der Waals surface area contributed by atoms with Crippen molar-refractivity contribution in [2.45, 2.75) is 26.3 Å². The van der Waals surface area contributed by atoms with Crippen LogP contribution >= 0.6 is 0 Å². The van der Waals surface area contributed by atoms with E-state index in [-0.39, 0.29) is 12.5 Å². The van der Waals surface area contributed by atoms with E-state index in [9.17, 15) is 4.79 Å². The Balaban J connectivity index is 1.74. The molecule has 1 aliphatic rings. The average Bonchev–Trinajstić information content (AvgIpc) is 2.93. The van der Waals surface area contributed by atoms with Crippen molar-refractivity contribution in [3.05, 3.63) is 70.9 Å². The first-order valence-corrected chi connectivity index (χ1v) is 9.82. The van der Waals surface area contributed by atoms with Crippen LogP contribution in [-0.2, 0) is 11.3 Å². The molecule has 6 heteroatoms. The van der Waals surface area contributed by atoms with Gasteiger partial charge >= 0.3 is 0 Å². The minimum Gasteiger partial charge on any atom is -0.487 e. The van der Waals surface area contributed by atoms with Crippen LogP contribution < -0.4 is 15.4 Å². The molecule has 6 nitrogen and oxygen atoms in total. The zero-order valence-corrected chi connectivity index (χ0v) is 16.9. The fraction of sp³-hybridized carbons (Fsp3) is 0.250. The van der Waals surface area contributed by atoms with Crippen molar-refractivity contribution in [2.24, 2.45) is 0 Å². The van der Waals surface area contributed by atoms with E-state index < -0.39 is 0 Å². The molecule has 30 heavy (non-hydrogen) atoms. The number of aliphatic hydroxyl groups excluding tert-OH is 1. The third kappa shape index (κ3) is 5.72. The summed E-state index contributed by atoms with van der Waals surface area (Å²) < 4.78 is 5.91. The Labute approximate surface area is 176 Å². The van der Waals surface area contributed by atoms with Gasteiger partial charge in [-0.3, -0.25) is 4.79 Å². The van der Waals surface area contributed by atoms with E-state index in [2.05, 4.69) is 22.5 Å². The second kappa shape index (κ2) is 10.3. The first-order chi connectivity index (χ1) is 14.6. The second-order valence-corrected chi connectivity index (χ2v) is 6.90. The van der Waals surface area contributed by atoms with Crippen LogP contribution in [0, 0.1) is 17.3 Å². The van der Waals surface area contributed by atoms with E-state index in [0.29, 0.717) is 43.1 Å². The highest BCUT2D eigenvalue weighted by molar-refractivity contribution is 6.08. The lowest BCUT2D eigenvalue weighted by Gasteiger charge is -2.09. The Bertz CT molecular complexity index is 1030. The Hall–Kier alpha value is -3.56. The highest BCUT2D eigenvalue weighted by atomic mass is 16.5. The molecule has 0 fully saturated rings. The number of unbranched alkanes of at least 4 members (excludes halogenated alkanes) is 1. The van der Waals surface area contributed by atoms with Crippen molar-refractivity contribution in [3.63, 3.8) is 0 Å². The van der Waals surface area contributed by atoms with Gasteiger partial charge in [0.05, 0.1) is 11.4 Å². The van der Waals surface area contributed by atoms with Crippen LogP contribution in [0.2, 0.25) is 0 Å². The monoisotopic (exact) mass is 403 g/mol. The maximum absolute atomic E-state index is 11.3. The first-order valence-electron chi connectivity index (χ1n) is 9.82. The van der Waals surface area contributed by atoms with Gasteiger partial charge in [0.25, 0.3) is 0 Å². The number of fused-ring (bicyclic) bond motifs is 1. The molecule has 1 amide bonds. The zero-order valence-electron chi connectivity index (χ0n) is 16.9. The number of rotatable bonds is 5. The largest absolute Gasteiger partial charge is 0.487 e. The summed E-state index contributed by atoms with van der Waals surface area (Å²) in [6.07, 6.45) is 3.02. The Morgan fingerprint density at radius 3 is 2.97 bits per heavy atom. The van der Waals surface area contributed by atoms with Crippen LogP contribution in [0.15, 0.2) is 54.2 Å². The molecule has 1 heterocycles. The molecule has 3 rings (SSSR count). The molecule has 4 N–H and O–H groups in total. The normalized spacial score (nSPS) is 13.7. The van der Waals surface area contributed by atoms with E-state index in [4.69, 9.17) is 15.3 Å². The summed E-state index contributed by atoms with van der Waals surface area (Å²) in [5.41, 5.74) is 4.34. The lowest BCUT2D eigenvalue weighted by molar-refractivity contribution is -0.114. The molecule has 154 valence electrons. The maximum Gasteiger partial charge on any atom is 0.221 e. The van der Waals surface area contributed by atoms with Crippen molar-refractivity contribution in [1.29, 1.82) is 5.41 Å². The number of allylic oxidation sites excluding steroid dienone is 1. The van der Waals surface area contributed by atoms with E-state index in [0.717, 1.165) is 22.4 Å². The maximum atomic E-state index is 11.3. The zero-order chi connectivity index (χ0) is 21.3. The predicted molar refractivity (Wildman–Crippen MR) is 118 cm³/mol. The second-order valence-electron chi connectivity index (χ2n) is 6.90. The van der Waals surface area contributed by atoms with Crippen molar-refractivity contribution < 1.29 is 14.6 Å². The van der Waals surface area contributed by atoms with Crippen LogP contribution in [0.4, 0.5) is 5.69 Å². The van der Waals surface area contributed by atoms with Crippen molar-refractivity contribution in [1.82, 2.24) is 5.32 Å². The molecular formula is C24H25N3O3. The van der Waals surface area contributed by atoms with Crippen molar-refractivity contribution >= 4 is 17.3 Å². The topological polar surface area (TPSA) is 94.4 Å². The third-order valence-electron chi connectivity index (χ3n) is 4.50. The van der Waals surface area contributed by atoms with Crippen LogP contribution in [-0.4, -0.2) is 29.9 Å². The number of ether oxygens (including phenoxy) is 1. The molecule has 2 aromatic carbocycles. The van der Waals surface area contributed by atoms with Crippen LogP contribution in [0.3, 0.4) is 0 Å². The predicted octanol–water partition coefficient (Wildman–Crippen LogP) is 3.20. The number of hydrogen-bond acceptors (Lipinski definition) is 5. The quantitative estimate of drug-likeness (QED) is 0.350. The highest BCUT2D eigenvalue weighted by Gasteiger charge is 2.14. The molecule has 0 saturated carbocycles. The molecule has 0 atom stereocenters. The summed E-state index contributed by atoms with van der Waals surface area (Å²) in [5.74, 6) is 6.72. The van der Waals surface area contributed by atoms with Crippen LogP contribution in [0.5, 0.6) is 5.75 Å². The number of nitrogens with one attached hydrogen (secondary N) is 3. The van der Waals surface area contributed by atoms with E-state index in [1.54, 1.807) is 6.08 Å². The minimum atomic E-state index is -0.131. The lowest BCUT2D eigenvalue weighted by atomic mass is 10.0. The smallest absolute Gasteiger partial charge is 0.221 e. The lowest BCUT2D eigenvalue weighted by Crippen LogP contribution is -2.16. The van der Waals surface area contributed by atoms with Gasteiger partial charge in [0.15, 0.2) is 0 Å². The van der Waals surface area contributed by atoms with Crippen LogP contribution in [0.1, 0.15) is 36.5 Å². The van der Waals surface area contributed by atoms with Gasteiger partial charge in [-0.2, -0.15) is 0 Å². The van der Waals surface area contributed by atoms with Gasteiger partial charge in [0.1, 0.15) is 12.4 Å². The number of aliphatic hydroxyl groups is 1. The molecule has 0 bridgehead atoms.